The molecule has 1 aromatic rings. The summed E-state index contributed by atoms with van der Waals surface area (Å²) in [6.07, 6.45) is 0.0273. The van der Waals surface area contributed by atoms with Crippen LogP contribution in [-0.2, 0) is 11.2 Å². The molecular formula is C9H9BrO3. The highest BCUT2D eigenvalue weighted by Crippen LogP contribution is 2.14. The fourth-order valence-corrected chi connectivity index (χ4v) is 1.25. The fraction of sp³-hybridized carbons (Fsp3) is 0.222. The van der Waals surface area contributed by atoms with Crippen LogP contribution >= 0.6 is 15.9 Å². The van der Waals surface area contributed by atoms with E-state index in [1.54, 1.807) is 24.3 Å². The minimum Gasteiger partial charge on any atom is -0.482 e. The van der Waals surface area contributed by atoms with Crippen LogP contribution in [0.15, 0.2) is 24.3 Å². The minimum atomic E-state index is -0.837. The molecule has 0 radical (unpaired) electrons. The summed E-state index contributed by atoms with van der Waals surface area (Å²) in [5.74, 6) is -0.161. The Balaban J connectivity index is 2.73. The molecule has 0 aliphatic rings. The van der Waals surface area contributed by atoms with Crippen molar-refractivity contribution in [3.63, 3.8) is 0 Å². The summed E-state index contributed by atoms with van der Waals surface area (Å²) in [7, 11) is 0. The molecule has 1 aromatic carbocycles. The zero-order valence-electron chi connectivity index (χ0n) is 6.87. The van der Waals surface area contributed by atoms with E-state index in [0.29, 0.717) is 11.3 Å². The molecular weight excluding hydrogens is 236 g/mol. The van der Waals surface area contributed by atoms with Crippen molar-refractivity contribution in [2.24, 2.45) is 0 Å². The molecule has 0 heterocycles. The number of ether oxygens (including phenoxy) is 1. The van der Waals surface area contributed by atoms with E-state index >= 15 is 0 Å². The van der Waals surface area contributed by atoms with Gasteiger partial charge in [0.1, 0.15) is 11.3 Å². The van der Waals surface area contributed by atoms with Gasteiger partial charge in [-0.25, -0.2) is 0 Å². The van der Waals surface area contributed by atoms with E-state index in [1.807, 2.05) is 0 Å². The van der Waals surface area contributed by atoms with Crippen LogP contribution in [0.5, 0.6) is 5.75 Å². The van der Waals surface area contributed by atoms with Crippen molar-refractivity contribution in [1.82, 2.24) is 0 Å². The number of aliphatic carboxylic acids is 1. The molecule has 0 saturated heterocycles. The molecule has 0 unspecified atom stereocenters. The standard InChI is InChI=1S/C9H9BrO3/c10-6-13-8-3-1-2-7(4-8)5-9(11)12/h1-4H,5-6H2,(H,11,12). The first-order chi connectivity index (χ1) is 6.22. The average molecular weight is 245 g/mol. The number of carbonyl (C=O) groups is 1. The zero-order valence-corrected chi connectivity index (χ0v) is 8.45. The van der Waals surface area contributed by atoms with E-state index in [2.05, 4.69) is 15.9 Å². The Morgan fingerprint density at radius 2 is 2.31 bits per heavy atom. The zero-order chi connectivity index (χ0) is 9.68. The van der Waals surface area contributed by atoms with Gasteiger partial charge in [-0.3, -0.25) is 4.79 Å². The van der Waals surface area contributed by atoms with Crippen molar-refractivity contribution in [3.05, 3.63) is 29.8 Å². The number of carboxylic acids is 1. The van der Waals surface area contributed by atoms with Gasteiger partial charge >= 0.3 is 5.97 Å². The van der Waals surface area contributed by atoms with Crippen LogP contribution in [0, 0.1) is 0 Å². The van der Waals surface area contributed by atoms with E-state index in [9.17, 15) is 4.79 Å². The van der Waals surface area contributed by atoms with Gasteiger partial charge in [0.05, 0.1) is 6.42 Å². The second-order valence-electron chi connectivity index (χ2n) is 2.47. The summed E-state index contributed by atoms with van der Waals surface area (Å²) >= 11 is 3.12. The van der Waals surface area contributed by atoms with Crippen LogP contribution in [0.1, 0.15) is 5.56 Å². The molecule has 1 N–H and O–H groups in total. The number of carboxylic acid groups (broad SMARTS) is 1. The normalized spacial score (nSPS) is 9.62. The highest BCUT2D eigenvalue weighted by atomic mass is 79.9. The van der Waals surface area contributed by atoms with Crippen LogP contribution in [0.2, 0.25) is 0 Å². The Morgan fingerprint density at radius 1 is 1.54 bits per heavy atom. The Hall–Kier alpha value is -1.03. The lowest BCUT2D eigenvalue weighted by molar-refractivity contribution is -0.136. The Morgan fingerprint density at radius 3 is 2.92 bits per heavy atom. The van der Waals surface area contributed by atoms with Gasteiger partial charge in [-0.15, -0.1) is 0 Å². The first kappa shape index (κ1) is 10.1. The van der Waals surface area contributed by atoms with Crippen molar-refractivity contribution >= 4 is 21.9 Å². The molecule has 3 nitrogen and oxygen atoms in total. The smallest absolute Gasteiger partial charge is 0.307 e. The molecule has 1 rings (SSSR count). The molecule has 0 aliphatic carbocycles. The number of halogens is 1. The van der Waals surface area contributed by atoms with E-state index in [-0.39, 0.29) is 6.42 Å². The van der Waals surface area contributed by atoms with Crippen molar-refractivity contribution in [1.29, 1.82) is 0 Å². The molecule has 0 saturated carbocycles. The number of benzene rings is 1. The van der Waals surface area contributed by atoms with Crippen molar-refractivity contribution in [2.45, 2.75) is 6.42 Å². The highest BCUT2D eigenvalue weighted by Gasteiger charge is 2.01. The largest absolute Gasteiger partial charge is 0.482 e. The molecule has 0 spiro atoms. The van der Waals surface area contributed by atoms with Gasteiger partial charge in [-0.2, -0.15) is 0 Å². The maximum atomic E-state index is 10.4. The summed E-state index contributed by atoms with van der Waals surface area (Å²) in [5, 5.41) is 8.54. The van der Waals surface area contributed by atoms with Crippen LogP contribution in [0.4, 0.5) is 0 Å². The molecule has 0 fully saturated rings. The molecule has 0 amide bonds. The maximum absolute atomic E-state index is 10.4. The third-order valence-electron chi connectivity index (χ3n) is 1.48. The van der Waals surface area contributed by atoms with Crippen LogP contribution < -0.4 is 4.74 Å². The van der Waals surface area contributed by atoms with Crippen LogP contribution in [0.25, 0.3) is 0 Å². The lowest BCUT2D eigenvalue weighted by Gasteiger charge is -2.03. The molecule has 70 valence electrons. The topological polar surface area (TPSA) is 46.5 Å². The number of hydrogen-bond acceptors (Lipinski definition) is 2. The van der Waals surface area contributed by atoms with E-state index in [0.717, 1.165) is 5.56 Å². The van der Waals surface area contributed by atoms with Gasteiger partial charge in [0.2, 0.25) is 0 Å². The van der Waals surface area contributed by atoms with Crippen molar-refractivity contribution in [2.75, 3.05) is 5.52 Å². The lowest BCUT2D eigenvalue weighted by atomic mass is 10.1. The van der Waals surface area contributed by atoms with Gasteiger partial charge < -0.3 is 9.84 Å². The molecule has 0 bridgehead atoms. The average Bonchev–Trinajstić information content (AvgIpc) is 2.04. The summed E-state index contributed by atoms with van der Waals surface area (Å²) in [5.41, 5.74) is 1.15. The van der Waals surface area contributed by atoms with Crippen LogP contribution in [0.3, 0.4) is 0 Å². The first-order valence-corrected chi connectivity index (χ1v) is 4.84. The maximum Gasteiger partial charge on any atom is 0.307 e. The van der Waals surface area contributed by atoms with E-state index in [4.69, 9.17) is 9.84 Å². The first-order valence-electron chi connectivity index (χ1n) is 3.72. The Kier molecular flexibility index (Phi) is 3.76. The van der Waals surface area contributed by atoms with Gasteiger partial charge in [0, 0.05) is 0 Å². The third kappa shape index (κ3) is 3.46. The minimum absolute atomic E-state index is 0.0273. The summed E-state index contributed by atoms with van der Waals surface area (Å²) in [6, 6.07) is 7.04. The second-order valence-corrected chi connectivity index (χ2v) is 2.93. The monoisotopic (exact) mass is 244 g/mol. The Labute approximate surface area is 84.5 Å². The predicted molar refractivity (Wildman–Crippen MR) is 52.2 cm³/mol. The molecule has 0 aliphatic heterocycles. The lowest BCUT2D eigenvalue weighted by Crippen LogP contribution is -2.00. The highest BCUT2D eigenvalue weighted by molar-refractivity contribution is 9.09. The molecule has 0 atom stereocenters. The number of rotatable bonds is 4. The number of alkyl halides is 1. The van der Waals surface area contributed by atoms with Crippen LogP contribution in [-0.4, -0.2) is 16.6 Å². The molecule has 4 heteroatoms. The Bertz CT molecular complexity index is 299. The summed E-state index contributed by atoms with van der Waals surface area (Å²) in [4.78, 5) is 10.4. The SMILES string of the molecule is O=C(O)Cc1cccc(OCBr)c1. The third-order valence-corrected chi connectivity index (χ3v) is 1.70. The van der Waals surface area contributed by atoms with Crippen molar-refractivity contribution < 1.29 is 14.6 Å². The van der Waals surface area contributed by atoms with Gasteiger partial charge in [0.15, 0.2) is 0 Å². The quantitative estimate of drug-likeness (QED) is 0.825. The summed E-state index contributed by atoms with van der Waals surface area (Å²) < 4.78 is 5.15. The fourth-order valence-electron chi connectivity index (χ4n) is 0.983. The van der Waals surface area contributed by atoms with E-state index in [1.165, 1.54) is 0 Å². The van der Waals surface area contributed by atoms with Crippen molar-refractivity contribution in [3.8, 4) is 5.75 Å². The second kappa shape index (κ2) is 4.87. The molecule has 0 aromatic heterocycles. The molecule has 13 heavy (non-hydrogen) atoms. The van der Waals surface area contributed by atoms with E-state index < -0.39 is 5.97 Å². The summed E-state index contributed by atoms with van der Waals surface area (Å²) in [6.45, 7) is 0. The van der Waals surface area contributed by atoms with Gasteiger partial charge in [-0.05, 0) is 33.6 Å². The van der Waals surface area contributed by atoms with Gasteiger partial charge in [0.25, 0.3) is 0 Å². The predicted octanol–water partition coefficient (Wildman–Crippen LogP) is 2.04. The van der Waals surface area contributed by atoms with Gasteiger partial charge in [-0.1, -0.05) is 12.1 Å². The number of hydrogen-bond donors (Lipinski definition) is 1.